The number of alkyl halides is 3. The monoisotopic (exact) mass is 294 g/mol. The maximum absolute atomic E-state index is 13.2. The average molecular weight is 294 g/mol. The van der Waals surface area contributed by atoms with E-state index < -0.39 is 18.4 Å². The summed E-state index contributed by atoms with van der Waals surface area (Å²) >= 11 is 4.83. The van der Waals surface area contributed by atoms with Crippen molar-refractivity contribution in [2.75, 3.05) is 13.6 Å². The van der Waals surface area contributed by atoms with E-state index in [1.165, 1.54) is 30.1 Å². The van der Waals surface area contributed by atoms with Crippen molar-refractivity contribution < 1.29 is 17.6 Å². The predicted molar refractivity (Wildman–Crippen MR) is 69.3 cm³/mol. The zero-order valence-corrected chi connectivity index (χ0v) is 11.1. The van der Waals surface area contributed by atoms with E-state index >= 15 is 0 Å². The summed E-state index contributed by atoms with van der Waals surface area (Å²) in [6, 6.07) is 3.89. The second-order valence-corrected chi connectivity index (χ2v) is 4.71. The van der Waals surface area contributed by atoms with Crippen LogP contribution in [-0.2, 0) is 6.54 Å². The van der Waals surface area contributed by atoms with Crippen molar-refractivity contribution in [3.63, 3.8) is 0 Å². The zero-order valence-electron chi connectivity index (χ0n) is 10.3. The summed E-state index contributed by atoms with van der Waals surface area (Å²) in [5.41, 5.74) is 6.46. The number of nitrogens with two attached hydrogens (primary N) is 1. The van der Waals surface area contributed by atoms with Gasteiger partial charge in [-0.15, -0.1) is 0 Å². The molecule has 1 aromatic rings. The van der Waals surface area contributed by atoms with E-state index in [1.54, 1.807) is 0 Å². The van der Waals surface area contributed by atoms with Crippen LogP contribution in [0.15, 0.2) is 18.2 Å². The number of benzene rings is 1. The summed E-state index contributed by atoms with van der Waals surface area (Å²) in [4.78, 5) is 1.54. The fourth-order valence-corrected chi connectivity index (χ4v) is 1.82. The van der Waals surface area contributed by atoms with E-state index in [2.05, 4.69) is 0 Å². The van der Waals surface area contributed by atoms with Gasteiger partial charge in [-0.1, -0.05) is 12.2 Å². The second-order valence-electron chi connectivity index (χ2n) is 4.27. The Morgan fingerprint density at radius 1 is 1.37 bits per heavy atom. The number of rotatable bonds is 5. The van der Waals surface area contributed by atoms with Crippen molar-refractivity contribution in [3.8, 4) is 0 Å². The van der Waals surface area contributed by atoms with Gasteiger partial charge in [0.05, 0.1) is 6.42 Å². The van der Waals surface area contributed by atoms with Gasteiger partial charge < -0.3 is 10.6 Å². The summed E-state index contributed by atoms with van der Waals surface area (Å²) < 4.78 is 49.5. The molecule has 0 spiro atoms. The highest BCUT2D eigenvalue weighted by Crippen LogP contribution is 2.20. The van der Waals surface area contributed by atoms with Gasteiger partial charge in [0.25, 0.3) is 0 Å². The Morgan fingerprint density at radius 3 is 2.53 bits per heavy atom. The first-order valence-electron chi connectivity index (χ1n) is 5.52. The van der Waals surface area contributed by atoms with Crippen LogP contribution in [0.3, 0.4) is 0 Å². The van der Waals surface area contributed by atoms with Crippen LogP contribution >= 0.6 is 12.2 Å². The number of hydrogen-bond donors (Lipinski definition) is 1. The molecule has 0 aliphatic heterocycles. The molecule has 106 valence electrons. The summed E-state index contributed by atoms with van der Waals surface area (Å²) in [5, 5.41) is 0. The Balaban J connectivity index is 2.75. The minimum Gasteiger partial charge on any atom is -0.389 e. The summed E-state index contributed by atoms with van der Waals surface area (Å²) in [5.74, 6) is -0.473. The summed E-state index contributed by atoms with van der Waals surface area (Å²) in [6.07, 6.45) is -5.12. The van der Waals surface area contributed by atoms with E-state index in [1.807, 2.05) is 0 Å². The fourth-order valence-electron chi connectivity index (χ4n) is 1.62. The number of nitrogens with zero attached hydrogens (tertiary/aromatic N) is 1. The van der Waals surface area contributed by atoms with Gasteiger partial charge in [-0.05, 0) is 30.8 Å². The molecule has 1 rings (SSSR count). The lowest BCUT2D eigenvalue weighted by Gasteiger charge is -2.19. The lowest BCUT2D eigenvalue weighted by atomic mass is 10.1. The largest absolute Gasteiger partial charge is 0.390 e. The van der Waals surface area contributed by atoms with E-state index in [0.29, 0.717) is 11.1 Å². The smallest absolute Gasteiger partial charge is 0.389 e. The molecule has 1 aromatic carbocycles. The Morgan fingerprint density at radius 2 is 2.00 bits per heavy atom. The molecule has 0 unspecified atom stereocenters. The normalized spacial score (nSPS) is 11.9. The number of halogens is 4. The number of thiocarbonyl (C=S) groups is 1. The molecule has 0 radical (unpaired) electrons. The Bertz CT molecular complexity index is 460. The maximum Gasteiger partial charge on any atom is 0.390 e. The highest BCUT2D eigenvalue weighted by atomic mass is 32.1. The third-order valence-corrected chi connectivity index (χ3v) is 2.77. The van der Waals surface area contributed by atoms with Crippen molar-refractivity contribution in [2.45, 2.75) is 19.1 Å². The van der Waals surface area contributed by atoms with Gasteiger partial charge in [0.2, 0.25) is 0 Å². The molecule has 0 aromatic heterocycles. The van der Waals surface area contributed by atoms with E-state index in [4.69, 9.17) is 18.0 Å². The molecular weight excluding hydrogens is 280 g/mol. The molecule has 0 saturated heterocycles. The fraction of sp³-hybridized carbons (Fsp3) is 0.417. The summed E-state index contributed by atoms with van der Waals surface area (Å²) in [7, 11) is 1.53. The van der Waals surface area contributed by atoms with Gasteiger partial charge in [0.1, 0.15) is 10.8 Å². The van der Waals surface area contributed by atoms with Crippen molar-refractivity contribution in [1.29, 1.82) is 0 Å². The van der Waals surface area contributed by atoms with Gasteiger partial charge in [-0.2, -0.15) is 13.2 Å². The van der Waals surface area contributed by atoms with Crippen molar-refractivity contribution >= 4 is 17.2 Å². The number of hydrogen-bond acceptors (Lipinski definition) is 2. The van der Waals surface area contributed by atoms with Crippen molar-refractivity contribution in [2.24, 2.45) is 5.73 Å². The van der Waals surface area contributed by atoms with Crippen LogP contribution in [0.5, 0.6) is 0 Å². The maximum atomic E-state index is 13.2. The predicted octanol–water partition coefficient (Wildman–Crippen LogP) is 2.84. The van der Waals surface area contributed by atoms with Crippen LogP contribution in [0.4, 0.5) is 17.6 Å². The van der Waals surface area contributed by atoms with Gasteiger partial charge in [-0.3, -0.25) is 0 Å². The molecular formula is C12H14F4N2S. The lowest BCUT2D eigenvalue weighted by molar-refractivity contribution is -0.137. The molecule has 2 nitrogen and oxygen atoms in total. The quantitative estimate of drug-likeness (QED) is 0.669. The molecule has 0 heterocycles. The zero-order chi connectivity index (χ0) is 14.6. The Kier molecular flexibility index (Phi) is 5.25. The molecule has 0 amide bonds. The highest BCUT2D eigenvalue weighted by Gasteiger charge is 2.27. The van der Waals surface area contributed by atoms with Crippen LogP contribution < -0.4 is 5.73 Å². The molecule has 0 saturated carbocycles. The second kappa shape index (κ2) is 6.29. The molecule has 19 heavy (non-hydrogen) atoms. The molecule has 7 heteroatoms. The van der Waals surface area contributed by atoms with Gasteiger partial charge in [0, 0.05) is 18.7 Å². The minimum atomic E-state index is -4.21. The van der Waals surface area contributed by atoms with E-state index in [-0.39, 0.29) is 18.1 Å². The van der Waals surface area contributed by atoms with E-state index in [0.717, 1.165) is 0 Å². The first kappa shape index (κ1) is 15.8. The van der Waals surface area contributed by atoms with Crippen molar-refractivity contribution in [3.05, 3.63) is 35.1 Å². The van der Waals surface area contributed by atoms with Crippen LogP contribution in [0.25, 0.3) is 0 Å². The Hall–Kier alpha value is -1.21. The molecule has 0 aliphatic rings. The lowest BCUT2D eigenvalue weighted by Crippen LogP contribution is -2.25. The molecule has 0 bridgehead atoms. The minimum absolute atomic E-state index is 0.0965. The van der Waals surface area contributed by atoms with Gasteiger partial charge >= 0.3 is 6.18 Å². The highest BCUT2D eigenvalue weighted by molar-refractivity contribution is 7.80. The topological polar surface area (TPSA) is 29.3 Å². The van der Waals surface area contributed by atoms with Crippen LogP contribution in [0.2, 0.25) is 0 Å². The van der Waals surface area contributed by atoms with Gasteiger partial charge in [-0.25, -0.2) is 4.39 Å². The first-order valence-corrected chi connectivity index (χ1v) is 5.93. The summed E-state index contributed by atoms with van der Waals surface area (Å²) in [6.45, 7) is -0.0166. The van der Waals surface area contributed by atoms with Crippen LogP contribution in [-0.4, -0.2) is 29.7 Å². The molecule has 0 fully saturated rings. The first-order chi connectivity index (χ1) is 8.69. The molecule has 0 aliphatic carbocycles. The average Bonchev–Trinajstić information content (AvgIpc) is 2.25. The SMILES string of the molecule is CN(CCC(F)(F)F)Cc1cc(F)ccc1C(N)=S. The van der Waals surface area contributed by atoms with Crippen LogP contribution in [0, 0.1) is 5.82 Å². The standard InChI is InChI=1S/C12H14F4N2S/c1-18(5-4-12(14,15)16)7-8-6-9(13)2-3-10(8)11(17)19/h2-3,6H,4-5,7H2,1H3,(H2,17,19). The Labute approximate surface area is 114 Å². The van der Waals surface area contributed by atoms with Crippen LogP contribution in [0.1, 0.15) is 17.5 Å². The third-order valence-electron chi connectivity index (χ3n) is 2.55. The third kappa shape index (κ3) is 5.52. The van der Waals surface area contributed by atoms with E-state index in [9.17, 15) is 17.6 Å². The molecule has 0 atom stereocenters. The van der Waals surface area contributed by atoms with Crippen molar-refractivity contribution in [1.82, 2.24) is 4.90 Å². The van der Waals surface area contributed by atoms with Gasteiger partial charge in [0.15, 0.2) is 0 Å². The molecule has 2 N–H and O–H groups in total.